The summed E-state index contributed by atoms with van der Waals surface area (Å²) in [4.78, 5) is 24.6. The predicted octanol–water partition coefficient (Wildman–Crippen LogP) is 1.03. The third-order valence-corrected chi connectivity index (χ3v) is 4.41. The van der Waals surface area contributed by atoms with Crippen LogP contribution in [-0.4, -0.2) is 49.6 Å². The summed E-state index contributed by atoms with van der Waals surface area (Å²) in [6, 6.07) is 5.69. The average Bonchev–Trinajstić information content (AvgIpc) is 3.20. The smallest absolute Gasteiger partial charge is 0.323 e. The Morgan fingerprint density at radius 3 is 2.52 bits per heavy atom. The third-order valence-electron chi connectivity index (χ3n) is 3.30. The standard InChI is InChI=1S/C14H17NO5S/c1-21(19,20)12-4-2-3-11(7-12)14(18)15(9-13(16)17)8-10-5-6-10/h2-4,7,10H,5-6,8-9H2,1H3,(H,16,17). The molecule has 1 N–H and O–H groups in total. The van der Waals surface area contributed by atoms with Crippen molar-refractivity contribution in [3.8, 4) is 0 Å². The van der Waals surface area contributed by atoms with Gasteiger partial charge in [0.05, 0.1) is 4.90 Å². The molecule has 0 spiro atoms. The van der Waals surface area contributed by atoms with Crippen LogP contribution in [0.2, 0.25) is 0 Å². The van der Waals surface area contributed by atoms with E-state index in [1.54, 1.807) is 0 Å². The van der Waals surface area contributed by atoms with Crippen molar-refractivity contribution in [1.29, 1.82) is 0 Å². The van der Waals surface area contributed by atoms with Crippen molar-refractivity contribution >= 4 is 21.7 Å². The fourth-order valence-corrected chi connectivity index (χ4v) is 2.70. The lowest BCUT2D eigenvalue weighted by atomic mass is 10.2. The lowest BCUT2D eigenvalue weighted by Crippen LogP contribution is -2.37. The van der Waals surface area contributed by atoms with Gasteiger partial charge >= 0.3 is 5.97 Å². The largest absolute Gasteiger partial charge is 0.480 e. The van der Waals surface area contributed by atoms with Gasteiger partial charge < -0.3 is 10.0 Å². The lowest BCUT2D eigenvalue weighted by molar-refractivity contribution is -0.137. The number of sulfone groups is 1. The highest BCUT2D eigenvalue weighted by Gasteiger charge is 2.28. The summed E-state index contributed by atoms with van der Waals surface area (Å²) in [5.41, 5.74) is 0.194. The van der Waals surface area contributed by atoms with E-state index in [0.717, 1.165) is 19.1 Å². The molecule has 1 aromatic carbocycles. The topological polar surface area (TPSA) is 91.8 Å². The molecule has 0 heterocycles. The number of hydrogen-bond donors (Lipinski definition) is 1. The highest BCUT2D eigenvalue weighted by atomic mass is 32.2. The Morgan fingerprint density at radius 1 is 1.33 bits per heavy atom. The van der Waals surface area contributed by atoms with Crippen molar-refractivity contribution in [2.75, 3.05) is 19.3 Å². The van der Waals surface area contributed by atoms with Gasteiger partial charge in [0, 0.05) is 18.4 Å². The molecule has 1 aliphatic rings. The van der Waals surface area contributed by atoms with Crippen molar-refractivity contribution in [3.63, 3.8) is 0 Å². The van der Waals surface area contributed by atoms with Crippen molar-refractivity contribution in [2.24, 2.45) is 5.92 Å². The van der Waals surface area contributed by atoms with Crippen LogP contribution in [0.5, 0.6) is 0 Å². The normalized spacial score (nSPS) is 14.7. The average molecular weight is 311 g/mol. The summed E-state index contributed by atoms with van der Waals surface area (Å²) in [5.74, 6) is -1.18. The summed E-state index contributed by atoms with van der Waals surface area (Å²) in [7, 11) is -3.41. The molecular formula is C14H17NO5S. The second-order valence-electron chi connectivity index (χ2n) is 5.32. The highest BCUT2D eigenvalue weighted by Crippen LogP contribution is 2.30. The molecule has 1 aromatic rings. The van der Waals surface area contributed by atoms with E-state index in [4.69, 9.17) is 5.11 Å². The Hall–Kier alpha value is -1.89. The van der Waals surface area contributed by atoms with Gasteiger partial charge in [0.2, 0.25) is 0 Å². The molecule has 7 heteroatoms. The van der Waals surface area contributed by atoms with E-state index in [0.29, 0.717) is 12.5 Å². The minimum absolute atomic E-state index is 0.0510. The van der Waals surface area contributed by atoms with Crippen LogP contribution in [0.1, 0.15) is 23.2 Å². The van der Waals surface area contributed by atoms with Gasteiger partial charge in [0.25, 0.3) is 5.91 Å². The maximum Gasteiger partial charge on any atom is 0.323 e. The van der Waals surface area contributed by atoms with Gasteiger partial charge in [-0.15, -0.1) is 0 Å². The number of rotatable bonds is 6. The van der Waals surface area contributed by atoms with Gasteiger partial charge in [0.15, 0.2) is 9.84 Å². The van der Waals surface area contributed by atoms with Gasteiger partial charge in [0.1, 0.15) is 6.54 Å². The van der Waals surface area contributed by atoms with E-state index in [1.165, 1.54) is 29.2 Å². The Kier molecular flexibility index (Phi) is 4.32. The molecular weight excluding hydrogens is 294 g/mol. The number of aliphatic carboxylic acids is 1. The van der Waals surface area contributed by atoms with Crippen molar-refractivity contribution in [1.82, 2.24) is 4.90 Å². The molecule has 0 unspecified atom stereocenters. The van der Waals surface area contributed by atoms with Gasteiger partial charge in [-0.1, -0.05) is 6.07 Å². The molecule has 114 valence electrons. The molecule has 21 heavy (non-hydrogen) atoms. The van der Waals surface area contributed by atoms with Crippen molar-refractivity contribution in [3.05, 3.63) is 29.8 Å². The van der Waals surface area contributed by atoms with E-state index in [1.807, 2.05) is 0 Å². The van der Waals surface area contributed by atoms with E-state index in [2.05, 4.69) is 0 Å². The molecule has 0 aromatic heterocycles. The van der Waals surface area contributed by atoms with E-state index >= 15 is 0 Å². The van der Waals surface area contributed by atoms with Crippen LogP contribution in [0.4, 0.5) is 0 Å². The Bertz CT molecular complexity index is 664. The molecule has 2 rings (SSSR count). The molecule has 6 nitrogen and oxygen atoms in total. The summed E-state index contributed by atoms with van der Waals surface area (Å²) in [6.07, 6.45) is 3.05. The van der Waals surface area contributed by atoms with E-state index < -0.39 is 21.7 Å². The minimum Gasteiger partial charge on any atom is -0.480 e. The number of carbonyl (C=O) groups excluding carboxylic acids is 1. The Balaban J connectivity index is 2.25. The van der Waals surface area contributed by atoms with Crippen LogP contribution in [0.15, 0.2) is 29.2 Å². The van der Waals surface area contributed by atoms with Crippen LogP contribution in [-0.2, 0) is 14.6 Å². The van der Waals surface area contributed by atoms with Gasteiger partial charge in [-0.25, -0.2) is 8.42 Å². The van der Waals surface area contributed by atoms with Crippen molar-refractivity contribution < 1.29 is 23.1 Å². The summed E-state index contributed by atoms with van der Waals surface area (Å²) in [6.45, 7) is 0.0205. The number of carboxylic acids is 1. The van der Waals surface area contributed by atoms with Crippen LogP contribution >= 0.6 is 0 Å². The molecule has 0 saturated heterocycles. The Morgan fingerprint density at radius 2 is 2.00 bits per heavy atom. The zero-order valence-corrected chi connectivity index (χ0v) is 12.5. The van der Waals surface area contributed by atoms with Crippen LogP contribution in [0, 0.1) is 5.92 Å². The summed E-state index contributed by atoms with van der Waals surface area (Å²) in [5, 5.41) is 8.91. The molecule has 0 atom stereocenters. The zero-order valence-electron chi connectivity index (χ0n) is 11.7. The first-order valence-corrected chi connectivity index (χ1v) is 8.47. The number of hydrogen-bond acceptors (Lipinski definition) is 4. The van der Waals surface area contributed by atoms with Crippen LogP contribution < -0.4 is 0 Å². The van der Waals surface area contributed by atoms with E-state index in [-0.39, 0.29) is 17.0 Å². The minimum atomic E-state index is -3.41. The fourth-order valence-electron chi connectivity index (χ4n) is 2.04. The fraction of sp³-hybridized carbons (Fsp3) is 0.429. The maximum atomic E-state index is 12.4. The molecule has 0 aliphatic heterocycles. The summed E-state index contributed by atoms with van der Waals surface area (Å²) >= 11 is 0. The van der Waals surface area contributed by atoms with Gasteiger partial charge in [-0.2, -0.15) is 0 Å². The highest BCUT2D eigenvalue weighted by molar-refractivity contribution is 7.90. The number of carboxylic acid groups (broad SMARTS) is 1. The molecule has 0 radical (unpaired) electrons. The van der Waals surface area contributed by atoms with Crippen molar-refractivity contribution in [2.45, 2.75) is 17.7 Å². The number of benzene rings is 1. The molecule has 1 amide bonds. The zero-order chi connectivity index (χ0) is 15.6. The number of nitrogens with zero attached hydrogens (tertiary/aromatic N) is 1. The number of amides is 1. The predicted molar refractivity (Wildman–Crippen MR) is 75.8 cm³/mol. The first-order chi connectivity index (χ1) is 9.77. The Labute approximate surface area is 123 Å². The monoisotopic (exact) mass is 311 g/mol. The quantitative estimate of drug-likeness (QED) is 0.847. The van der Waals surface area contributed by atoms with Gasteiger partial charge in [-0.3, -0.25) is 9.59 Å². The first kappa shape index (κ1) is 15.5. The maximum absolute atomic E-state index is 12.4. The SMILES string of the molecule is CS(=O)(=O)c1cccc(C(=O)N(CC(=O)O)CC2CC2)c1. The second kappa shape index (κ2) is 5.85. The second-order valence-corrected chi connectivity index (χ2v) is 7.34. The molecule has 1 aliphatic carbocycles. The van der Waals surface area contributed by atoms with Gasteiger partial charge in [-0.05, 0) is 37.0 Å². The lowest BCUT2D eigenvalue weighted by Gasteiger charge is -2.20. The molecule has 0 bridgehead atoms. The van der Waals surface area contributed by atoms with E-state index in [9.17, 15) is 18.0 Å². The summed E-state index contributed by atoms with van der Waals surface area (Å²) < 4.78 is 23.0. The molecule has 1 saturated carbocycles. The molecule has 1 fully saturated rings. The third kappa shape index (κ3) is 4.29. The first-order valence-electron chi connectivity index (χ1n) is 6.58. The van der Waals surface area contributed by atoms with Crippen LogP contribution in [0.3, 0.4) is 0 Å². The van der Waals surface area contributed by atoms with Crippen LogP contribution in [0.25, 0.3) is 0 Å². The number of carbonyl (C=O) groups is 2.